The number of rotatable bonds is 8. The lowest BCUT2D eigenvalue weighted by molar-refractivity contribution is -0.117. The van der Waals surface area contributed by atoms with Crippen LogP contribution in [0, 0.1) is 5.92 Å². The standard InChI is InChI=1S/C21H23N3O4/c1-28-18-10-6-15(7-11-18)20(26)23-13-12-22-19(25)14-4-8-17(9-5-14)24-21(27)16-2-3-16/h4-11,16H,2-3,12-13H2,1H3,(H,22,25)(H,23,26)(H,24,27). The summed E-state index contributed by atoms with van der Waals surface area (Å²) in [6.07, 6.45) is 1.89. The molecule has 0 spiro atoms. The average molecular weight is 381 g/mol. The van der Waals surface area contributed by atoms with Crippen LogP contribution in [0.1, 0.15) is 33.6 Å². The fourth-order valence-electron chi connectivity index (χ4n) is 2.59. The number of nitrogens with one attached hydrogen (secondary N) is 3. The van der Waals surface area contributed by atoms with E-state index >= 15 is 0 Å². The van der Waals surface area contributed by atoms with Crippen LogP contribution in [0.2, 0.25) is 0 Å². The van der Waals surface area contributed by atoms with Crippen molar-refractivity contribution in [1.82, 2.24) is 10.6 Å². The van der Waals surface area contributed by atoms with Crippen LogP contribution in [0.5, 0.6) is 5.75 Å². The number of carbonyl (C=O) groups is 3. The minimum Gasteiger partial charge on any atom is -0.497 e. The summed E-state index contributed by atoms with van der Waals surface area (Å²) in [6.45, 7) is 0.618. The minimum atomic E-state index is -0.237. The van der Waals surface area contributed by atoms with Crippen molar-refractivity contribution in [2.75, 3.05) is 25.5 Å². The molecule has 146 valence electrons. The number of amides is 3. The largest absolute Gasteiger partial charge is 0.497 e. The van der Waals surface area contributed by atoms with Crippen LogP contribution in [0.15, 0.2) is 48.5 Å². The molecule has 0 unspecified atom stereocenters. The molecule has 3 amide bonds. The van der Waals surface area contributed by atoms with Crippen molar-refractivity contribution in [3.63, 3.8) is 0 Å². The van der Waals surface area contributed by atoms with Crippen molar-refractivity contribution < 1.29 is 19.1 Å². The second kappa shape index (κ2) is 9.03. The van der Waals surface area contributed by atoms with E-state index in [-0.39, 0.29) is 23.6 Å². The molecule has 7 nitrogen and oxygen atoms in total. The molecule has 1 aliphatic rings. The zero-order valence-corrected chi connectivity index (χ0v) is 15.7. The van der Waals surface area contributed by atoms with Gasteiger partial charge in [0.05, 0.1) is 7.11 Å². The van der Waals surface area contributed by atoms with Crippen molar-refractivity contribution in [3.05, 3.63) is 59.7 Å². The second-order valence-corrected chi connectivity index (χ2v) is 6.58. The van der Waals surface area contributed by atoms with Gasteiger partial charge in [-0.05, 0) is 61.4 Å². The first-order valence-electron chi connectivity index (χ1n) is 9.18. The van der Waals surface area contributed by atoms with E-state index in [1.807, 2.05) is 0 Å². The van der Waals surface area contributed by atoms with Gasteiger partial charge >= 0.3 is 0 Å². The van der Waals surface area contributed by atoms with E-state index in [0.717, 1.165) is 12.8 Å². The van der Waals surface area contributed by atoms with Gasteiger partial charge in [0.25, 0.3) is 11.8 Å². The van der Waals surface area contributed by atoms with Gasteiger partial charge in [0.15, 0.2) is 0 Å². The van der Waals surface area contributed by atoms with E-state index in [1.165, 1.54) is 0 Å². The molecular formula is C21H23N3O4. The van der Waals surface area contributed by atoms with Gasteiger partial charge in [0, 0.05) is 35.8 Å². The van der Waals surface area contributed by atoms with E-state index in [0.29, 0.717) is 35.7 Å². The summed E-state index contributed by atoms with van der Waals surface area (Å²) in [5.41, 5.74) is 1.70. The maximum Gasteiger partial charge on any atom is 0.251 e. The highest BCUT2D eigenvalue weighted by Crippen LogP contribution is 2.30. The highest BCUT2D eigenvalue weighted by Gasteiger charge is 2.29. The minimum absolute atomic E-state index is 0.0322. The molecule has 2 aromatic rings. The van der Waals surface area contributed by atoms with Crippen molar-refractivity contribution in [1.29, 1.82) is 0 Å². The fourth-order valence-corrected chi connectivity index (χ4v) is 2.59. The average Bonchev–Trinajstić information content (AvgIpc) is 3.57. The van der Waals surface area contributed by atoms with E-state index in [9.17, 15) is 14.4 Å². The summed E-state index contributed by atoms with van der Waals surface area (Å²) in [4.78, 5) is 35.9. The normalized spacial score (nSPS) is 12.8. The van der Waals surface area contributed by atoms with Gasteiger partial charge in [0.1, 0.15) is 5.75 Å². The van der Waals surface area contributed by atoms with E-state index in [4.69, 9.17) is 4.74 Å². The SMILES string of the molecule is COc1ccc(C(=O)NCCNC(=O)c2ccc(NC(=O)C3CC3)cc2)cc1. The summed E-state index contributed by atoms with van der Waals surface area (Å²) in [6, 6.07) is 13.5. The number of benzene rings is 2. The maximum absolute atomic E-state index is 12.2. The van der Waals surface area contributed by atoms with Crippen LogP contribution < -0.4 is 20.7 Å². The Bertz CT molecular complexity index is 843. The Morgan fingerprint density at radius 2 is 1.36 bits per heavy atom. The molecule has 7 heteroatoms. The number of anilines is 1. The summed E-state index contributed by atoms with van der Waals surface area (Å²) in [5, 5.41) is 8.33. The van der Waals surface area contributed by atoms with E-state index in [2.05, 4.69) is 16.0 Å². The highest BCUT2D eigenvalue weighted by atomic mass is 16.5. The summed E-state index contributed by atoms with van der Waals surface area (Å²) in [5.74, 6) is 0.397. The fraction of sp³-hybridized carbons (Fsp3) is 0.286. The molecular weight excluding hydrogens is 358 g/mol. The number of methoxy groups -OCH3 is 1. The van der Waals surface area contributed by atoms with Crippen molar-refractivity contribution >= 4 is 23.4 Å². The maximum atomic E-state index is 12.2. The van der Waals surface area contributed by atoms with Gasteiger partial charge in [0.2, 0.25) is 5.91 Å². The first kappa shape index (κ1) is 19.4. The van der Waals surface area contributed by atoms with Crippen molar-refractivity contribution in [3.8, 4) is 5.75 Å². The number of ether oxygens (including phenoxy) is 1. The molecule has 0 heterocycles. The molecule has 0 radical (unpaired) electrons. The predicted molar refractivity (Wildman–Crippen MR) is 105 cm³/mol. The lowest BCUT2D eigenvalue weighted by atomic mass is 10.2. The van der Waals surface area contributed by atoms with Gasteiger partial charge in [-0.2, -0.15) is 0 Å². The zero-order valence-electron chi connectivity index (χ0n) is 15.7. The molecule has 0 bridgehead atoms. The third-order valence-corrected chi connectivity index (χ3v) is 4.41. The Balaban J connectivity index is 1.39. The third kappa shape index (κ3) is 5.33. The van der Waals surface area contributed by atoms with Gasteiger partial charge < -0.3 is 20.7 Å². The van der Waals surface area contributed by atoms with Gasteiger partial charge in [-0.25, -0.2) is 0 Å². The Labute approximate surface area is 163 Å². The van der Waals surface area contributed by atoms with Crippen molar-refractivity contribution in [2.24, 2.45) is 5.92 Å². The van der Waals surface area contributed by atoms with Crippen LogP contribution in [0.25, 0.3) is 0 Å². The Hall–Kier alpha value is -3.35. The number of hydrogen-bond acceptors (Lipinski definition) is 4. The summed E-state index contributed by atoms with van der Waals surface area (Å²) >= 11 is 0. The molecule has 1 aliphatic carbocycles. The summed E-state index contributed by atoms with van der Waals surface area (Å²) in [7, 11) is 1.57. The molecule has 0 aromatic heterocycles. The van der Waals surface area contributed by atoms with Gasteiger partial charge in [-0.3, -0.25) is 14.4 Å². The van der Waals surface area contributed by atoms with Crippen LogP contribution >= 0.6 is 0 Å². The molecule has 1 fully saturated rings. The number of carbonyl (C=O) groups excluding carboxylic acids is 3. The highest BCUT2D eigenvalue weighted by molar-refractivity contribution is 5.97. The molecule has 3 N–H and O–H groups in total. The zero-order chi connectivity index (χ0) is 19.9. The molecule has 0 saturated heterocycles. The quantitative estimate of drug-likeness (QED) is 0.611. The molecule has 3 rings (SSSR count). The van der Waals surface area contributed by atoms with Crippen LogP contribution in [-0.4, -0.2) is 37.9 Å². The Kier molecular flexibility index (Phi) is 6.26. The smallest absolute Gasteiger partial charge is 0.251 e. The molecule has 0 atom stereocenters. The van der Waals surface area contributed by atoms with Crippen LogP contribution in [-0.2, 0) is 4.79 Å². The van der Waals surface area contributed by atoms with Gasteiger partial charge in [-0.15, -0.1) is 0 Å². The lowest BCUT2D eigenvalue weighted by Gasteiger charge is -2.09. The lowest BCUT2D eigenvalue weighted by Crippen LogP contribution is -2.34. The molecule has 1 saturated carbocycles. The second-order valence-electron chi connectivity index (χ2n) is 6.58. The summed E-state index contributed by atoms with van der Waals surface area (Å²) < 4.78 is 5.06. The van der Waals surface area contributed by atoms with E-state index in [1.54, 1.807) is 55.6 Å². The molecule has 0 aliphatic heterocycles. The third-order valence-electron chi connectivity index (χ3n) is 4.41. The monoisotopic (exact) mass is 381 g/mol. The first-order valence-corrected chi connectivity index (χ1v) is 9.18. The topological polar surface area (TPSA) is 96.5 Å². The predicted octanol–water partition coefficient (Wildman–Crippen LogP) is 2.20. The van der Waals surface area contributed by atoms with E-state index < -0.39 is 0 Å². The van der Waals surface area contributed by atoms with Gasteiger partial charge in [-0.1, -0.05) is 0 Å². The molecule has 2 aromatic carbocycles. The van der Waals surface area contributed by atoms with Crippen LogP contribution in [0.4, 0.5) is 5.69 Å². The van der Waals surface area contributed by atoms with Crippen molar-refractivity contribution in [2.45, 2.75) is 12.8 Å². The first-order chi connectivity index (χ1) is 13.6. The molecule has 28 heavy (non-hydrogen) atoms. The number of hydrogen-bond donors (Lipinski definition) is 3. The Morgan fingerprint density at radius 1 is 0.857 bits per heavy atom. The Morgan fingerprint density at radius 3 is 1.82 bits per heavy atom. The van der Waals surface area contributed by atoms with Crippen LogP contribution in [0.3, 0.4) is 0 Å².